The lowest BCUT2D eigenvalue weighted by atomic mass is 9.92. The summed E-state index contributed by atoms with van der Waals surface area (Å²) in [6, 6.07) is 7.69. The first-order valence-corrected chi connectivity index (χ1v) is 9.06. The molecule has 1 aromatic heterocycles. The van der Waals surface area contributed by atoms with Gasteiger partial charge in [0.15, 0.2) is 5.76 Å². The minimum Gasteiger partial charge on any atom is -0.451 e. The van der Waals surface area contributed by atoms with Gasteiger partial charge in [-0.2, -0.15) is 0 Å². The second kappa shape index (κ2) is 7.58. The number of aliphatic hydroxyl groups is 1. The molecule has 1 fully saturated rings. The number of rotatable bonds is 5. The van der Waals surface area contributed by atoms with Gasteiger partial charge in [-0.1, -0.05) is 18.2 Å². The molecule has 0 radical (unpaired) electrons. The summed E-state index contributed by atoms with van der Waals surface area (Å²) >= 11 is 0. The molecule has 0 aliphatic carbocycles. The van der Waals surface area contributed by atoms with Gasteiger partial charge in [-0.05, 0) is 45.6 Å². The number of hydrogen-bond donors (Lipinski definition) is 1. The summed E-state index contributed by atoms with van der Waals surface area (Å²) in [5.74, 6) is 0.573. The topological polar surface area (TPSA) is 62.9 Å². The molecule has 1 atom stereocenters. The number of carbonyl (C=O) groups excluding carboxylic acids is 1. The quantitative estimate of drug-likeness (QED) is 0.899. The first-order chi connectivity index (χ1) is 12.0. The molecule has 136 valence electrons. The predicted molar refractivity (Wildman–Crippen MR) is 96.4 cm³/mol. The maximum Gasteiger partial charge on any atom is 0.289 e. The Balaban J connectivity index is 1.84. The Bertz CT molecular complexity index is 726. The van der Waals surface area contributed by atoms with Crippen LogP contribution in [0.1, 0.15) is 49.7 Å². The third-order valence-corrected chi connectivity index (χ3v) is 4.96. The lowest BCUT2D eigenvalue weighted by molar-refractivity contribution is 0.0477. The number of hydrogen-bond acceptors (Lipinski definition) is 4. The zero-order valence-electron chi connectivity index (χ0n) is 15.2. The molecule has 0 spiro atoms. The SMILES string of the molecule is CC(C)OCc1c(C(=O)N2CCC(C(C)O)CC2)oc2ccccc12. The molecule has 5 nitrogen and oxygen atoms in total. The fourth-order valence-electron chi connectivity index (χ4n) is 3.39. The number of carbonyl (C=O) groups is 1. The lowest BCUT2D eigenvalue weighted by Crippen LogP contribution is -2.40. The van der Waals surface area contributed by atoms with Gasteiger partial charge < -0.3 is 19.2 Å². The van der Waals surface area contributed by atoms with Gasteiger partial charge in [0.2, 0.25) is 0 Å². The molecular weight excluding hydrogens is 318 g/mol. The minimum absolute atomic E-state index is 0.0809. The summed E-state index contributed by atoms with van der Waals surface area (Å²) in [6.45, 7) is 7.43. The van der Waals surface area contributed by atoms with Crippen LogP contribution in [0.4, 0.5) is 0 Å². The van der Waals surface area contributed by atoms with Gasteiger partial charge in [0.1, 0.15) is 5.58 Å². The van der Waals surface area contributed by atoms with Crippen molar-refractivity contribution in [1.29, 1.82) is 0 Å². The van der Waals surface area contributed by atoms with Crippen LogP contribution in [0.25, 0.3) is 11.0 Å². The summed E-state index contributed by atoms with van der Waals surface area (Å²) in [5.41, 5.74) is 1.54. The zero-order valence-corrected chi connectivity index (χ0v) is 15.2. The van der Waals surface area contributed by atoms with Crippen molar-refractivity contribution in [1.82, 2.24) is 4.90 Å². The van der Waals surface area contributed by atoms with Crippen LogP contribution in [0.2, 0.25) is 0 Å². The van der Waals surface area contributed by atoms with Gasteiger partial charge in [-0.3, -0.25) is 4.79 Å². The van der Waals surface area contributed by atoms with Crippen molar-refractivity contribution >= 4 is 16.9 Å². The van der Waals surface area contributed by atoms with Crippen LogP contribution in [0.3, 0.4) is 0 Å². The van der Waals surface area contributed by atoms with E-state index < -0.39 is 0 Å². The van der Waals surface area contributed by atoms with Crippen LogP contribution in [0.15, 0.2) is 28.7 Å². The van der Waals surface area contributed by atoms with E-state index in [-0.39, 0.29) is 24.0 Å². The molecule has 0 saturated carbocycles. The Hall–Kier alpha value is -1.85. The monoisotopic (exact) mass is 345 g/mol. The number of aliphatic hydroxyl groups excluding tert-OH is 1. The highest BCUT2D eigenvalue weighted by atomic mass is 16.5. The summed E-state index contributed by atoms with van der Waals surface area (Å²) in [5, 5.41) is 10.7. The maximum absolute atomic E-state index is 13.0. The molecule has 1 aliphatic rings. The molecule has 3 rings (SSSR count). The van der Waals surface area contributed by atoms with Gasteiger partial charge in [0.05, 0.1) is 18.8 Å². The molecule has 2 heterocycles. The van der Waals surface area contributed by atoms with E-state index in [1.54, 1.807) is 0 Å². The Morgan fingerprint density at radius 3 is 2.60 bits per heavy atom. The fourth-order valence-corrected chi connectivity index (χ4v) is 3.39. The zero-order chi connectivity index (χ0) is 18.0. The van der Waals surface area contributed by atoms with Crippen molar-refractivity contribution in [3.05, 3.63) is 35.6 Å². The van der Waals surface area contributed by atoms with Crippen LogP contribution >= 0.6 is 0 Å². The summed E-state index contributed by atoms with van der Waals surface area (Å²) < 4.78 is 11.7. The molecule has 1 amide bonds. The average molecular weight is 345 g/mol. The molecule has 1 saturated heterocycles. The largest absolute Gasteiger partial charge is 0.451 e. The van der Waals surface area contributed by atoms with Gasteiger partial charge in [-0.25, -0.2) is 0 Å². The molecule has 1 aliphatic heterocycles. The molecule has 0 bridgehead atoms. The fraction of sp³-hybridized carbons (Fsp3) is 0.550. The number of furan rings is 1. The van der Waals surface area contributed by atoms with Gasteiger partial charge >= 0.3 is 0 Å². The highest BCUT2D eigenvalue weighted by Crippen LogP contribution is 2.29. The van der Waals surface area contributed by atoms with E-state index in [0.29, 0.717) is 31.0 Å². The first-order valence-electron chi connectivity index (χ1n) is 9.06. The van der Waals surface area contributed by atoms with E-state index in [1.807, 2.05) is 49.9 Å². The van der Waals surface area contributed by atoms with E-state index in [4.69, 9.17) is 9.15 Å². The van der Waals surface area contributed by atoms with Crippen molar-refractivity contribution in [3.8, 4) is 0 Å². The summed E-state index contributed by atoms with van der Waals surface area (Å²) in [4.78, 5) is 14.9. The highest BCUT2D eigenvalue weighted by molar-refractivity contribution is 5.99. The Labute approximate surface area is 148 Å². The standard InChI is InChI=1S/C20H27NO4/c1-13(2)24-12-17-16-6-4-5-7-18(16)25-19(17)20(23)21-10-8-15(9-11-21)14(3)22/h4-7,13-15,22H,8-12H2,1-3H3. The molecule has 1 unspecified atom stereocenters. The maximum atomic E-state index is 13.0. The Morgan fingerprint density at radius 1 is 1.28 bits per heavy atom. The second-order valence-corrected chi connectivity index (χ2v) is 7.14. The molecule has 2 aromatic rings. The van der Waals surface area contributed by atoms with Crippen LogP contribution in [0.5, 0.6) is 0 Å². The molecule has 5 heteroatoms. The number of piperidine rings is 1. The van der Waals surface area contributed by atoms with Crippen LogP contribution in [-0.2, 0) is 11.3 Å². The van der Waals surface area contributed by atoms with E-state index in [1.165, 1.54) is 0 Å². The van der Waals surface area contributed by atoms with Crippen LogP contribution in [0, 0.1) is 5.92 Å². The first kappa shape index (κ1) is 18.0. The summed E-state index contributed by atoms with van der Waals surface area (Å²) in [6.07, 6.45) is 1.40. The third-order valence-electron chi connectivity index (χ3n) is 4.96. The van der Waals surface area contributed by atoms with Gasteiger partial charge in [0.25, 0.3) is 5.91 Å². The molecule has 1 aromatic carbocycles. The number of nitrogens with zero attached hydrogens (tertiary/aromatic N) is 1. The van der Waals surface area contributed by atoms with E-state index in [2.05, 4.69) is 0 Å². The van der Waals surface area contributed by atoms with Crippen molar-refractivity contribution in [3.63, 3.8) is 0 Å². The number of ether oxygens (including phenoxy) is 1. The Kier molecular flexibility index (Phi) is 5.45. The highest BCUT2D eigenvalue weighted by Gasteiger charge is 2.30. The molecular formula is C20H27NO4. The molecule has 1 N–H and O–H groups in total. The predicted octanol–water partition coefficient (Wildman–Crippen LogP) is 3.59. The van der Waals surface area contributed by atoms with Crippen molar-refractivity contribution in [2.45, 2.75) is 52.4 Å². The number of amides is 1. The van der Waals surface area contributed by atoms with Crippen LogP contribution < -0.4 is 0 Å². The number of benzene rings is 1. The van der Waals surface area contributed by atoms with Crippen molar-refractivity contribution in [2.75, 3.05) is 13.1 Å². The van der Waals surface area contributed by atoms with E-state index in [9.17, 15) is 9.90 Å². The Morgan fingerprint density at radius 2 is 1.96 bits per heavy atom. The smallest absolute Gasteiger partial charge is 0.289 e. The van der Waals surface area contributed by atoms with Crippen molar-refractivity contribution < 1.29 is 19.1 Å². The number of fused-ring (bicyclic) bond motifs is 1. The van der Waals surface area contributed by atoms with Gasteiger partial charge in [-0.15, -0.1) is 0 Å². The van der Waals surface area contributed by atoms with Crippen molar-refractivity contribution in [2.24, 2.45) is 5.92 Å². The van der Waals surface area contributed by atoms with E-state index >= 15 is 0 Å². The second-order valence-electron chi connectivity index (χ2n) is 7.14. The summed E-state index contributed by atoms with van der Waals surface area (Å²) in [7, 11) is 0. The normalized spacial score (nSPS) is 17.4. The third kappa shape index (κ3) is 3.88. The average Bonchev–Trinajstić information content (AvgIpc) is 2.98. The minimum atomic E-state index is -0.321. The van der Waals surface area contributed by atoms with Crippen LogP contribution in [-0.4, -0.2) is 41.2 Å². The lowest BCUT2D eigenvalue weighted by Gasteiger charge is -2.32. The number of likely N-dealkylation sites (tertiary alicyclic amines) is 1. The molecule has 25 heavy (non-hydrogen) atoms. The van der Waals surface area contributed by atoms with Gasteiger partial charge in [0, 0.05) is 24.0 Å². The number of para-hydroxylation sites is 1. The van der Waals surface area contributed by atoms with E-state index in [0.717, 1.165) is 23.8 Å².